The van der Waals surface area contributed by atoms with Gasteiger partial charge in [-0.05, 0) is 18.2 Å². The minimum atomic E-state index is -4.68. The highest BCUT2D eigenvalue weighted by Crippen LogP contribution is 2.34. The quantitative estimate of drug-likeness (QED) is 0.431. The molecule has 0 unspecified atom stereocenters. The van der Waals surface area contributed by atoms with Gasteiger partial charge in [-0.2, -0.15) is 31.4 Å². The maximum atomic E-state index is 13.0. The SMILES string of the molecule is CCS(=O)(=O)c1c(-c2cn3ncc(C(F)(F)F)cc3n2)nc2cc(C(F)(F)F)ccn12. The zero-order valence-electron chi connectivity index (χ0n) is 15.4. The second-order valence-electron chi connectivity index (χ2n) is 6.48. The van der Waals surface area contributed by atoms with Gasteiger partial charge in [0.1, 0.15) is 17.0 Å². The highest BCUT2D eigenvalue weighted by Gasteiger charge is 2.34. The molecule has 0 saturated heterocycles. The summed E-state index contributed by atoms with van der Waals surface area (Å²) in [4.78, 5) is 7.97. The van der Waals surface area contributed by atoms with Gasteiger partial charge in [-0.1, -0.05) is 6.92 Å². The number of imidazole rings is 2. The zero-order chi connectivity index (χ0) is 22.8. The summed E-state index contributed by atoms with van der Waals surface area (Å²) in [5, 5.41) is 3.19. The van der Waals surface area contributed by atoms with Crippen molar-refractivity contribution >= 4 is 21.1 Å². The summed E-state index contributed by atoms with van der Waals surface area (Å²) in [6.07, 6.45) is -6.71. The first-order valence-corrected chi connectivity index (χ1v) is 10.2. The molecule has 0 aromatic carbocycles. The summed E-state index contributed by atoms with van der Waals surface area (Å²) in [5.74, 6) is -0.390. The van der Waals surface area contributed by atoms with Crippen molar-refractivity contribution in [2.45, 2.75) is 24.3 Å². The fourth-order valence-corrected chi connectivity index (χ4v) is 4.12. The van der Waals surface area contributed by atoms with Crippen LogP contribution in [0.5, 0.6) is 0 Å². The highest BCUT2D eigenvalue weighted by atomic mass is 32.2. The van der Waals surface area contributed by atoms with Gasteiger partial charge in [0, 0.05) is 6.20 Å². The van der Waals surface area contributed by atoms with Gasteiger partial charge in [0.25, 0.3) is 0 Å². The van der Waals surface area contributed by atoms with Crippen LogP contribution in [-0.4, -0.2) is 38.2 Å². The third kappa shape index (κ3) is 3.60. The summed E-state index contributed by atoms with van der Waals surface area (Å²) in [7, 11) is -4.01. The van der Waals surface area contributed by atoms with E-state index in [1.807, 2.05) is 0 Å². The third-order valence-corrected chi connectivity index (χ3v) is 6.21. The Morgan fingerprint density at radius 1 is 0.968 bits per heavy atom. The lowest BCUT2D eigenvalue weighted by Gasteiger charge is -2.07. The van der Waals surface area contributed by atoms with Crippen molar-refractivity contribution in [2.24, 2.45) is 0 Å². The van der Waals surface area contributed by atoms with Crippen molar-refractivity contribution in [2.75, 3.05) is 5.75 Å². The van der Waals surface area contributed by atoms with Gasteiger partial charge in [0.2, 0.25) is 0 Å². The largest absolute Gasteiger partial charge is 0.418 e. The van der Waals surface area contributed by atoms with Crippen LogP contribution in [-0.2, 0) is 22.2 Å². The van der Waals surface area contributed by atoms with Crippen LogP contribution in [0.2, 0.25) is 0 Å². The summed E-state index contributed by atoms with van der Waals surface area (Å²) in [5.41, 5.74) is -3.10. The molecule has 0 aliphatic rings. The highest BCUT2D eigenvalue weighted by molar-refractivity contribution is 7.91. The number of alkyl halides is 6. The molecular formula is C17H11F6N5O2S. The minimum Gasteiger partial charge on any atom is -0.290 e. The molecule has 7 nitrogen and oxygen atoms in total. The van der Waals surface area contributed by atoms with Crippen LogP contribution in [0.4, 0.5) is 26.3 Å². The average Bonchev–Trinajstić information content (AvgIpc) is 3.26. The maximum absolute atomic E-state index is 13.0. The first-order chi connectivity index (χ1) is 14.3. The molecule has 0 atom stereocenters. The molecule has 4 heterocycles. The van der Waals surface area contributed by atoms with Crippen LogP contribution in [0, 0.1) is 0 Å². The van der Waals surface area contributed by atoms with E-state index in [2.05, 4.69) is 15.1 Å². The first kappa shape index (κ1) is 21.1. The third-order valence-electron chi connectivity index (χ3n) is 4.47. The van der Waals surface area contributed by atoms with Crippen LogP contribution in [0.15, 0.2) is 41.8 Å². The molecule has 0 N–H and O–H groups in total. The fourth-order valence-electron chi connectivity index (χ4n) is 2.95. The molecule has 0 aliphatic heterocycles. The molecule has 4 aromatic heterocycles. The number of nitrogens with zero attached hydrogens (tertiary/aromatic N) is 5. The van der Waals surface area contributed by atoms with E-state index in [1.54, 1.807) is 0 Å². The normalized spacial score (nSPS) is 13.4. The number of pyridine rings is 1. The molecule has 0 spiro atoms. The molecule has 4 rings (SSSR count). The molecule has 0 aliphatic carbocycles. The smallest absolute Gasteiger partial charge is 0.290 e. The monoisotopic (exact) mass is 463 g/mol. The number of hydrogen-bond donors (Lipinski definition) is 0. The predicted octanol–water partition coefficient (Wildman–Crippen LogP) is 3.88. The van der Waals surface area contributed by atoms with E-state index in [9.17, 15) is 34.8 Å². The number of hydrogen-bond acceptors (Lipinski definition) is 5. The van der Waals surface area contributed by atoms with E-state index in [0.717, 1.165) is 21.3 Å². The molecule has 4 aromatic rings. The Balaban J connectivity index is 1.99. The Morgan fingerprint density at radius 3 is 2.23 bits per heavy atom. The van der Waals surface area contributed by atoms with Crippen molar-refractivity contribution in [3.05, 3.63) is 47.9 Å². The molecule has 0 saturated carbocycles. The van der Waals surface area contributed by atoms with Gasteiger partial charge >= 0.3 is 12.4 Å². The van der Waals surface area contributed by atoms with Gasteiger partial charge in [0.05, 0.1) is 29.3 Å². The molecule has 164 valence electrons. The van der Waals surface area contributed by atoms with Crippen LogP contribution in [0.3, 0.4) is 0 Å². The van der Waals surface area contributed by atoms with Gasteiger partial charge in [-0.25, -0.2) is 22.9 Å². The maximum Gasteiger partial charge on any atom is 0.418 e. The van der Waals surface area contributed by atoms with Gasteiger partial charge in [-0.15, -0.1) is 0 Å². The lowest BCUT2D eigenvalue weighted by atomic mass is 10.2. The first-order valence-electron chi connectivity index (χ1n) is 8.56. The Bertz CT molecular complexity index is 1420. The second kappa shape index (κ2) is 6.67. The molecular weight excluding hydrogens is 452 g/mol. The van der Waals surface area contributed by atoms with E-state index in [0.29, 0.717) is 24.4 Å². The number of aromatic nitrogens is 5. The molecule has 0 fully saturated rings. The Labute approximate surface area is 169 Å². The van der Waals surface area contributed by atoms with Crippen molar-refractivity contribution in [1.29, 1.82) is 0 Å². The number of sulfone groups is 1. The van der Waals surface area contributed by atoms with Crippen molar-refractivity contribution in [1.82, 2.24) is 24.0 Å². The van der Waals surface area contributed by atoms with Gasteiger partial charge < -0.3 is 0 Å². The Kier molecular flexibility index (Phi) is 4.54. The lowest BCUT2D eigenvalue weighted by molar-refractivity contribution is -0.138. The zero-order valence-corrected chi connectivity index (χ0v) is 16.2. The van der Waals surface area contributed by atoms with Gasteiger partial charge in [0.15, 0.2) is 20.5 Å². The lowest BCUT2D eigenvalue weighted by Crippen LogP contribution is -2.10. The number of rotatable bonds is 3. The summed E-state index contributed by atoms with van der Waals surface area (Å²) in [6.45, 7) is 1.34. The molecule has 14 heteroatoms. The molecule has 31 heavy (non-hydrogen) atoms. The molecule has 0 radical (unpaired) electrons. The van der Waals surface area contributed by atoms with Gasteiger partial charge in [-0.3, -0.25) is 4.40 Å². The van der Waals surface area contributed by atoms with Crippen LogP contribution >= 0.6 is 0 Å². The molecule has 0 amide bonds. The topological polar surface area (TPSA) is 81.6 Å². The summed E-state index contributed by atoms with van der Waals surface area (Å²) >= 11 is 0. The van der Waals surface area contributed by atoms with Crippen LogP contribution < -0.4 is 0 Å². The van der Waals surface area contributed by atoms with E-state index in [4.69, 9.17) is 0 Å². The van der Waals surface area contributed by atoms with Crippen molar-refractivity contribution < 1.29 is 34.8 Å². The molecule has 0 bridgehead atoms. The number of fused-ring (bicyclic) bond motifs is 2. The number of halogens is 6. The van der Waals surface area contributed by atoms with E-state index in [1.165, 1.54) is 6.92 Å². The standard InChI is InChI=1S/C17H11F6N5O2S/c1-2-31(29,30)15-14(26-12-5-9(16(18,19)20)3-4-27(12)15)11-8-28-13(25-11)6-10(7-24-28)17(21,22)23/h3-8H,2H2,1H3. The van der Waals surface area contributed by atoms with E-state index < -0.39 is 44.1 Å². The predicted molar refractivity (Wildman–Crippen MR) is 94.9 cm³/mol. The summed E-state index contributed by atoms with van der Waals surface area (Å²) < 4.78 is 105. The van der Waals surface area contributed by atoms with Crippen molar-refractivity contribution in [3.8, 4) is 11.4 Å². The average molecular weight is 463 g/mol. The minimum absolute atomic E-state index is 0.156. The van der Waals surface area contributed by atoms with Crippen LogP contribution in [0.1, 0.15) is 18.1 Å². The Hall–Kier alpha value is -3.16. The second-order valence-corrected chi connectivity index (χ2v) is 8.67. The van der Waals surface area contributed by atoms with Crippen molar-refractivity contribution in [3.63, 3.8) is 0 Å². The fraction of sp³-hybridized carbons (Fsp3) is 0.235. The van der Waals surface area contributed by atoms with E-state index >= 15 is 0 Å². The van der Waals surface area contributed by atoms with Crippen LogP contribution in [0.25, 0.3) is 22.7 Å². The summed E-state index contributed by atoms with van der Waals surface area (Å²) in [6, 6.07) is 2.09. The van der Waals surface area contributed by atoms with E-state index in [-0.39, 0.29) is 22.7 Å². The Morgan fingerprint density at radius 2 is 1.61 bits per heavy atom.